The summed E-state index contributed by atoms with van der Waals surface area (Å²) < 4.78 is 0.824. The smallest absolute Gasteiger partial charge is 0.325 e. The van der Waals surface area contributed by atoms with Crippen molar-refractivity contribution < 1.29 is 4.79 Å². The van der Waals surface area contributed by atoms with Gasteiger partial charge in [0.15, 0.2) is 0 Å². The highest BCUT2D eigenvalue weighted by molar-refractivity contribution is 9.10. The number of fused-ring (bicyclic) bond motifs is 1. The molecule has 0 aliphatic heterocycles. The minimum absolute atomic E-state index is 0.0247. The van der Waals surface area contributed by atoms with Crippen LogP contribution in [0.4, 0.5) is 0 Å². The number of hydrogen-bond acceptors (Lipinski definition) is 5. The zero-order chi connectivity index (χ0) is 21.1. The Balaban J connectivity index is 1.68. The minimum Gasteiger partial charge on any atom is -0.348 e. The van der Waals surface area contributed by atoms with E-state index >= 15 is 0 Å². The number of thiophene rings is 1. The molecular formula is C21H15BrN4O3S. The lowest BCUT2D eigenvalue weighted by molar-refractivity contribution is 0.0952. The molecule has 0 aliphatic rings. The normalized spacial score (nSPS) is 11.2. The first-order valence-corrected chi connectivity index (χ1v) is 10.6. The number of benzene rings is 1. The van der Waals surface area contributed by atoms with Gasteiger partial charge in [0, 0.05) is 27.5 Å². The van der Waals surface area contributed by atoms with E-state index in [0.717, 1.165) is 9.35 Å². The Kier molecular flexibility index (Phi) is 5.73. The molecule has 150 valence electrons. The topological polar surface area (TPSA) is 108 Å². The molecule has 0 spiro atoms. The van der Waals surface area contributed by atoms with Crippen molar-refractivity contribution in [1.29, 1.82) is 0 Å². The van der Waals surface area contributed by atoms with E-state index in [9.17, 15) is 14.4 Å². The van der Waals surface area contributed by atoms with Gasteiger partial charge in [-0.25, -0.2) is 9.78 Å². The number of pyridine rings is 1. The van der Waals surface area contributed by atoms with Gasteiger partial charge in [0.1, 0.15) is 0 Å². The monoisotopic (exact) mass is 482 g/mol. The Bertz CT molecular complexity index is 1370. The Hall–Kier alpha value is -3.30. The fourth-order valence-electron chi connectivity index (χ4n) is 2.89. The molecule has 0 fully saturated rings. The molecule has 3 aromatic heterocycles. The molecule has 30 heavy (non-hydrogen) atoms. The second-order valence-corrected chi connectivity index (χ2v) is 8.28. The van der Waals surface area contributed by atoms with Gasteiger partial charge in [-0.15, -0.1) is 11.3 Å². The molecular weight excluding hydrogens is 468 g/mol. The van der Waals surface area contributed by atoms with Crippen molar-refractivity contribution in [2.24, 2.45) is 0 Å². The van der Waals surface area contributed by atoms with E-state index in [1.165, 1.54) is 6.20 Å². The maximum absolute atomic E-state index is 12.9. The molecule has 1 aromatic carbocycles. The van der Waals surface area contributed by atoms with Crippen molar-refractivity contribution in [2.75, 3.05) is 0 Å². The first-order valence-electron chi connectivity index (χ1n) is 8.90. The van der Waals surface area contributed by atoms with Crippen LogP contribution in [0, 0.1) is 0 Å². The summed E-state index contributed by atoms with van der Waals surface area (Å²) in [4.78, 5) is 46.2. The lowest BCUT2D eigenvalue weighted by Crippen LogP contribution is -2.30. The maximum atomic E-state index is 12.9. The van der Waals surface area contributed by atoms with E-state index in [2.05, 4.69) is 36.2 Å². The second-order valence-electron chi connectivity index (χ2n) is 6.38. The molecule has 3 heterocycles. The molecule has 4 rings (SSSR count). The Morgan fingerprint density at radius 2 is 2.07 bits per heavy atom. The molecule has 3 N–H and O–H groups in total. The number of amides is 1. The zero-order valence-corrected chi connectivity index (χ0v) is 17.8. The SMILES string of the molecule is O=C(NCc1c[nH]c(=O)[nH]c1=O)c1cc(/C=C/c2cccs2)nc2ccc(Br)cc12. The van der Waals surface area contributed by atoms with Crippen molar-refractivity contribution in [3.63, 3.8) is 0 Å². The summed E-state index contributed by atoms with van der Waals surface area (Å²) in [6.07, 6.45) is 5.09. The third kappa shape index (κ3) is 4.47. The Labute approximate surface area is 182 Å². The van der Waals surface area contributed by atoms with Crippen LogP contribution in [0.3, 0.4) is 0 Å². The number of nitrogens with zero attached hydrogens (tertiary/aromatic N) is 1. The minimum atomic E-state index is -0.595. The predicted molar refractivity (Wildman–Crippen MR) is 122 cm³/mol. The van der Waals surface area contributed by atoms with Gasteiger partial charge in [-0.2, -0.15) is 0 Å². The summed E-state index contributed by atoms with van der Waals surface area (Å²) in [5, 5.41) is 5.41. The third-order valence-corrected chi connectivity index (χ3v) is 5.66. The summed E-state index contributed by atoms with van der Waals surface area (Å²) >= 11 is 5.04. The van der Waals surface area contributed by atoms with Gasteiger partial charge >= 0.3 is 5.69 Å². The zero-order valence-electron chi connectivity index (χ0n) is 15.4. The number of nitrogens with one attached hydrogen (secondary N) is 3. The molecule has 0 saturated heterocycles. The number of aromatic nitrogens is 3. The summed E-state index contributed by atoms with van der Waals surface area (Å²) in [7, 11) is 0. The quantitative estimate of drug-likeness (QED) is 0.404. The second kappa shape index (κ2) is 8.60. The molecule has 0 radical (unpaired) electrons. The van der Waals surface area contributed by atoms with Gasteiger partial charge < -0.3 is 10.3 Å². The Morgan fingerprint density at radius 3 is 2.83 bits per heavy atom. The fourth-order valence-corrected chi connectivity index (χ4v) is 3.86. The van der Waals surface area contributed by atoms with Crippen LogP contribution in [0.5, 0.6) is 0 Å². The van der Waals surface area contributed by atoms with Crippen LogP contribution in [0.15, 0.2) is 62.0 Å². The molecule has 0 unspecified atom stereocenters. The van der Waals surface area contributed by atoms with Crippen molar-refractivity contribution >= 4 is 56.2 Å². The summed E-state index contributed by atoms with van der Waals surface area (Å²) in [6.45, 7) is -0.0247. The van der Waals surface area contributed by atoms with E-state index in [-0.39, 0.29) is 18.0 Å². The molecule has 1 amide bonds. The largest absolute Gasteiger partial charge is 0.348 e. The van der Waals surface area contributed by atoms with E-state index < -0.39 is 11.2 Å². The van der Waals surface area contributed by atoms with Gasteiger partial charge in [-0.05, 0) is 47.9 Å². The molecule has 0 saturated carbocycles. The number of carbonyl (C=O) groups is 1. The average molecular weight is 483 g/mol. The van der Waals surface area contributed by atoms with Crippen LogP contribution in [0.1, 0.15) is 26.5 Å². The number of carbonyl (C=O) groups excluding carboxylic acids is 1. The first kappa shape index (κ1) is 20.0. The molecule has 0 atom stereocenters. The maximum Gasteiger partial charge on any atom is 0.325 e. The number of H-pyrrole nitrogens is 2. The average Bonchev–Trinajstić information content (AvgIpc) is 3.24. The van der Waals surface area contributed by atoms with Crippen LogP contribution in [-0.4, -0.2) is 20.9 Å². The van der Waals surface area contributed by atoms with Gasteiger partial charge in [0.05, 0.1) is 22.3 Å². The molecule has 0 bridgehead atoms. The van der Waals surface area contributed by atoms with Crippen LogP contribution in [-0.2, 0) is 6.54 Å². The lowest BCUT2D eigenvalue weighted by atomic mass is 10.1. The first-order chi connectivity index (χ1) is 14.5. The third-order valence-electron chi connectivity index (χ3n) is 4.33. The number of rotatable bonds is 5. The van der Waals surface area contributed by atoms with Gasteiger partial charge in [-0.3, -0.25) is 14.6 Å². The highest BCUT2D eigenvalue weighted by atomic mass is 79.9. The van der Waals surface area contributed by atoms with Crippen molar-refractivity contribution in [1.82, 2.24) is 20.3 Å². The molecule has 4 aromatic rings. The summed E-state index contributed by atoms with van der Waals surface area (Å²) in [6, 6.07) is 11.2. The van der Waals surface area contributed by atoms with Crippen LogP contribution in [0.25, 0.3) is 23.1 Å². The number of halogens is 1. The predicted octanol–water partition coefficient (Wildman–Crippen LogP) is 3.54. The highest BCUT2D eigenvalue weighted by Gasteiger charge is 2.14. The lowest BCUT2D eigenvalue weighted by Gasteiger charge is -2.09. The van der Waals surface area contributed by atoms with Gasteiger partial charge in [-0.1, -0.05) is 22.0 Å². The van der Waals surface area contributed by atoms with Crippen LogP contribution >= 0.6 is 27.3 Å². The van der Waals surface area contributed by atoms with E-state index in [0.29, 0.717) is 22.2 Å². The van der Waals surface area contributed by atoms with Crippen LogP contribution < -0.4 is 16.6 Å². The standard InChI is InChI=1S/C21H15BrN4O3S/c22-13-3-6-18-16(8-13)17(9-14(25-18)4-5-15-2-1-7-30-15)20(28)23-10-12-11-24-21(29)26-19(12)27/h1-9,11H,10H2,(H,23,28)(H2,24,26,27,29)/b5-4+. The van der Waals surface area contributed by atoms with E-state index in [4.69, 9.17) is 0 Å². The molecule has 0 aliphatic carbocycles. The van der Waals surface area contributed by atoms with Crippen molar-refractivity contribution in [2.45, 2.75) is 6.54 Å². The van der Waals surface area contributed by atoms with Gasteiger partial charge in [0.25, 0.3) is 11.5 Å². The fraction of sp³-hybridized carbons (Fsp3) is 0.0476. The Morgan fingerprint density at radius 1 is 1.20 bits per heavy atom. The van der Waals surface area contributed by atoms with Crippen molar-refractivity contribution in [3.8, 4) is 0 Å². The highest BCUT2D eigenvalue weighted by Crippen LogP contribution is 2.24. The molecule has 9 heteroatoms. The van der Waals surface area contributed by atoms with Crippen molar-refractivity contribution in [3.05, 3.63) is 95.0 Å². The summed E-state index contributed by atoms with van der Waals surface area (Å²) in [5.74, 6) is -0.350. The number of hydrogen-bond donors (Lipinski definition) is 3. The molecule has 7 nitrogen and oxygen atoms in total. The van der Waals surface area contributed by atoms with E-state index in [1.807, 2.05) is 47.9 Å². The van der Waals surface area contributed by atoms with Crippen LogP contribution in [0.2, 0.25) is 0 Å². The number of aromatic amines is 2. The van der Waals surface area contributed by atoms with Gasteiger partial charge in [0.2, 0.25) is 0 Å². The summed E-state index contributed by atoms with van der Waals surface area (Å²) in [5.41, 5.74) is 0.875. The van der Waals surface area contributed by atoms with E-state index in [1.54, 1.807) is 17.4 Å².